The number of hydrogen-bond donors (Lipinski definition) is 0. The summed E-state index contributed by atoms with van der Waals surface area (Å²) in [6, 6.07) is 4.58. The Bertz CT molecular complexity index is 412. The van der Waals surface area contributed by atoms with E-state index in [1.54, 1.807) is 12.1 Å². The molecule has 0 N–H and O–H groups in total. The van der Waals surface area contributed by atoms with Crippen LogP contribution in [0.15, 0.2) is 18.2 Å². The van der Waals surface area contributed by atoms with Crippen LogP contribution in [0.5, 0.6) is 5.75 Å². The lowest BCUT2D eigenvalue weighted by atomic mass is 10.1. The molecule has 0 radical (unpaired) electrons. The fraction of sp³-hybridized carbons (Fsp3) is 0.300. The number of carbonyl (C=O) groups excluding carboxylic acids is 1. The zero-order valence-electron chi connectivity index (χ0n) is 7.60. The normalized spacial score (nSPS) is 14.6. The molecule has 0 aromatic heterocycles. The first-order chi connectivity index (χ1) is 7.00. The molecule has 1 aliphatic heterocycles. The highest BCUT2D eigenvalue weighted by molar-refractivity contribution is 6.35. The first kappa shape index (κ1) is 10.4. The molecule has 0 fully saturated rings. The number of hydrogen-bond acceptors (Lipinski definition) is 2. The molecule has 0 aliphatic carbocycles. The number of para-hydroxylation sites is 1. The molecule has 2 nitrogen and oxygen atoms in total. The van der Waals surface area contributed by atoms with Gasteiger partial charge in [0.05, 0.1) is 12.2 Å². The molecule has 0 saturated heterocycles. The average molecular weight is 233 g/mol. The van der Waals surface area contributed by atoms with Gasteiger partial charge < -0.3 is 4.74 Å². The first-order valence-electron chi connectivity index (χ1n) is 4.36. The van der Waals surface area contributed by atoms with Crippen molar-refractivity contribution in [1.82, 2.24) is 0 Å². The molecule has 1 heterocycles. The summed E-state index contributed by atoms with van der Waals surface area (Å²) < 4.78 is 30.4. The van der Waals surface area contributed by atoms with Gasteiger partial charge in [0.2, 0.25) is 0 Å². The van der Waals surface area contributed by atoms with E-state index in [2.05, 4.69) is 11.6 Å². The van der Waals surface area contributed by atoms with Gasteiger partial charge in [0.1, 0.15) is 5.75 Å². The van der Waals surface area contributed by atoms with Gasteiger partial charge in [-0.2, -0.15) is 8.78 Å². The molecule has 1 aromatic rings. The summed E-state index contributed by atoms with van der Waals surface area (Å²) in [6.45, 7) is 0.410. The van der Waals surface area contributed by atoms with Crippen LogP contribution in [-0.4, -0.2) is 17.8 Å². The van der Waals surface area contributed by atoms with Gasteiger partial charge in [0.25, 0.3) is 5.78 Å². The van der Waals surface area contributed by atoms with Gasteiger partial charge in [-0.05, 0) is 23.2 Å². The minimum atomic E-state index is -3.87. The maximum atomic E-state index is 12.6. The molecule has 2 rings (SSSR count). The molecule has 5 heteroatoms. The molecule has 80 valence electrons. The fourth-order valence-corrected chi connectivity index (χ4v) is 1.65. The van der Waals surface area contributed by atoms with Crippen LogP contribution in [0.4, 0.5) is 8.78 Å². The van der Waals surface area contributed by atoms with Crippen LogP contribution in [0.25, 0.3) is 0 Å². The van der Waals surface area contributed by atoms with E-state index in [0.29, 0.717) is 13.0 Å². The van der Waals surface area contributed by atoms with E-state index in [-0.39, 0.29) is 11.3 Å². The predicted molar refractivity (Wildman–Crippen MR) is 50.8 cm³/mol. The van der Waals surface area contributed by atoms with Gasteiger partial charge in [-0.15, -0.1) is 0 Å². The third-order valence-electron chi connectivity index (χ3n) is 2.22. The quantitative estimate of drug-likeness (QED) is 0.579. The van der Waals surface area contributed by atoms with Gasteiger partial charge in [0, 0.05) is 6.42 Å². The number of benzene rings is 1. The molecule has 1 aliphatic rings. The Morgan fingerprint density at radius 2 is 2.20 bits per heavy atom. The van der Waals surface area contributed by atoms with E-state index in [9.17, 15) is 13.6 Å². The Hall–Kier alpha value is -1.16. The topological polar surface area (TPSA) is 26.3 Å². The fourth-order valence-electron chi connectivity index (χ4n) is 1.55. The third kappa shape index (κ3) is 1.81. The summed E-state index contributed by atoms with van der Waals surface area (Å²) in [5, 5.41) is -3.87. The standard InChI is InChI=1S/C10H7ClF2O2/c11-10(12,13)9(14)7-3-1-2-6-4-5-15-8(6)7/h1-3H,4-5H2. The maximum absolute atomic E-state index is 12.6. The van der Waals surface area contributed by atoms with E-state index in [0.717, 1.165) is 5.56 Å². The summed E-state index contributed by atoms with van der Waals surface area (Å²) >= 11 is 4.68. The smallest absolute Gasteiger partial charge is 0.385 e. The average Bonchev–Trinajstić information content (AvgIpc) is 2.62. The van der Waals surface area contributed by atoms with Crippen LogP contribution in [-0.2, 0) is 6.42 Å². The summed E-state index contributed by atoms with van der Waals surface area (Å²) in [5.74, 6) is -1.18. The number of rotatable bonds is 2. The van der Waals surface area contributed by atoms with Crippen molar-refractivity contribution in [3.05, 3.63) is 29.3 Å². The molecule has 15 heavy (non-hydrogen) atoms. The number of ketones is 1. The molecular weight excluding hydrogens is 226 g/mol. The Balaban J connectivity index is 2.46. The van der Waals surface area contributed by atoms with Gasteiger partial charge >= 0.3 is 5.38 Å². The van der Waals surface area contributed by atoms with Crippen molar-refractivity contribution in [2.24, 2.45) is 0 Å². The summed E-state index contributed by atoms with van der Waals surface area (Å²) in [5.41, 5.74) is 0.617. The first-order valence-corrected chi connectivity index (χ1v) is 4.74. The Kier molecular flexibility index (Phi) is 2.38. The van der Waals surface area contributed by atoms with Crippen LogP contribution < -0.4 is 4.74 Å². The van der Waals surface area contributed by atoms with Crippen molar-refractivity contribution >= 4 is 17.4 Å². The minimum Gasteiger partial charge on any atom is -0.492 e. The van der Waals surface area contributed by atoms with Crippen LogP contribution >= 0.6 is 11.6 Å². The summed E-state index contributed by atoms with van der Waals surface area (Å²) in [4.78, 5) is 11.3. The highest BCUT2D eigenvalue weighted by Gasteiger charge is 2.39. The summed E-state index contributed by atoms with van der Waals surface area (Å²) in [7, 11) is 0. The van der Waals surface area contributed by atoms with Crippen molar-refractivity contribution < 1.29 is 18.3 Å². The summed E-state index contributed by atoms with van der Waals surface area (Å²) in [6.07, 6.45) is 0.629. The van der Waals surface area contributed by atoms with Crippen molar-refractivity contribution in [2.75, 3.05) is 6.61 Å². The maximum Gasteiger partial charge on any atom is 0.385 e. The highest BCUT2D eigenvalue weighted by Crippen LogP contribution is 2.34. The van der Waals surface area contributed by atoms with E-state index in [1.165, 1.54) is 6.07 Å². The van der Waals surface area contributed by atoms with Crippen LogP contribution in [0, 0.1) is 0 Å². The number of ether oxygens (including phenoxy) is 1. The van der Waals surface area contributed by atoms with Crippen LogP contribution in [0.1, 0.15) is 15.9 Å². The lowest BCUT2D eigenvalue weighted by Gasteiger charge is -2.09. The number of halogens is 3. The predicted octanol–water partition coefficient (Wildman–Crippen LogP) is 2.64. The Labute approximate surface area is 89.8 Å². The molecule has 0 spiro atoms. The number of Topliss-reactive ketones (excluding diaryl/α,β-unsaturated/α-hetero) is 1. The number of carbonyl (C=O) groups is 1. The van der Waals surface area contributed by atoms with Gasteiger partial charge in [-0.3, -0.25) is 4.79 Å². The second-order valence-electron chi connectivity index (χ2n) is 3.22. The monoisotopic (exact) mass is 232 g/mol. The SMILES string of the molecule is O=C(c1cccc2c1OCC2)C(F)(F)Cl. The van der Waals surface area contributed by atoms with Crippen molar-refractivity contribution in [3.8, 4) is 5.75 Å². The molecule has 0 bridgehead atoms. The van der Waals surface area contributed by atoms with Crippen molar-refractivity contribution in [1.29, 1.82) is 0 Å². The highest BCUT2D eigenvalue weighted by atomic mass is 35.5. The molecular formula is C10H7ClF2O2. The number of alkyl halides is 3. The molecule has 0 saturated carbocycles. The second-order valence-corrected chi connectivity index (χ2v) is 3.69. The van der Waals surface area contributed by atoms with Gasteiger partial charge in [-0.1, -0.05) is 12.1 Å². The zero-order chi connectivity index (χ0) is 11.1. The lowest BCUT2D eigenvalue weighted by Crippen LogP contribution is -2.21. The zero-order valence-corrected chi connectivity index (χ0v) is 8.35. The van der Waals surface area contributed by atoms with E-state index in [1.807, 2.05) is 0 Å². The molecule has 0 atom stereocenters. The minimum absolute atomic E-state index is 0.148. The number of fused-ring (bicyclic) bond motifs is 1. The molecule has 1 aromatic carbocycles. The Morgan fingerprint density at radius 3 is 2.87 bits per heavy atom. The van der Waals surface area contributed by atoms with Crippen molar-refractivity contribution in [2.45, 2.75) is 11.8 Å². The van der Waals surface area contributed by atoms with Crippen molar-refractivity contribution in [3.63, 3.8) is 0 Å². The van der Waals surface area contributed by atoms with Gasteiger partial charge in [-0.25, -0.2) is 0 Å². The Morgan fingerprint density at radius 1 is 1.47 bits per heavy atom. The molecule has 0 amide bonds. The third-order valence-corrected chi connectivity index (χ3v) is 2.39. The van der Waals surface area contributed by atoms with Crippen LogP contribution in [0.2, 0.25) is 0 Å². The van der Waals surface area contributed by atoms with Crippen LogP contribution in [0.3, 0.4) is 0 Å². The van der Waals surface area contributed by atoms with E-state index < -0.39 is 11.2 Å². The lowest BCUT2D eigenvalue weighted by molar-refractivity contribution is 0.0533. The van der Waals surface area contributed by atoms with E-state index in [4.69, 9.17) is 4.74 Å². The van der Waals surface area contributed by atoms with Gasteiger partial charge in [0.15, 0.2) is 0 Å². The largest absolute Gasteiger partial charge is 0.492 e. The van der Waals surface area contributed by atoms with E-state index >= 15 is 0 Å². The molecule has 0 unspecified atom stereocenters. The second kappa shape index (κ2) is 3.45.